The minimum atomic E-state index is -0.370. The quantitative estimate of drug-likeness (QED) is 0.547. The highest BCUT2D eigenvalue weighted by atomic mass is 16.6. The number of anilines is 1. The molecule has 3 aromatic rings. The average Bonchev–Trinajstić information content (AvgIpc) is 3.06. The zero-order valence-corrected chi connectivity index (χ0v) is 13.1. The molecule has 2 aromatic heterocycles. The zero-order chi connectivity index (χ0) is 16.5. The molecule has 7 nitrogen and oxygen atoms in total. The molecule has 0 saturated carbocycles. The minimum absolute atomic E-state index is 0.121. The van der Waals surface area contributed by atoms with E-state index in [1.54, 1.807) is 12.1 Å². The molecule has 1 fully saturated rings. The van der Waals surface area contributed by atoms with Crippen LogP contribution in [-0.2, 0) is 0 Å². The lowest BCUT2D eigenvalue weighted by Gasteiger charge is -2.33. The molecule has 1 saturated heterocycles. The molecule has 3 heterocycles. The van der Waals surface area contributed by atoms with Crippen molar-refractivity contribution in [2.75, 3.05) is 18.0 Å². The number of piperidine rings is 1. The van der Waals surface area contributed by atoms with E-state index in [4.69, 9.17) is 0 Å². The number of fused-ring (bicyclic) bond motifs is 1. The van der Waals surface area contributed by atoms with Crippen molar-refractivity contribution in [2.24, 2.45) is 0 Å². The SMILES string of the molecule is O=[N+]([O-])c1ccc(N2CCCC(c3nnc4ccccn34)C2)cc1. The molecule has 1 aliphatic rings. The predicted molar refractivity (Wildman–Crippen MR) is 90.3 cm³/mol. The summed E-state index contributed by atoms with van der Waals surface area (Å²) in [6.45, 7) is 1.79. The number of nitro benzene ring substituents is 1. The third-order valence-corrected chi connectivity index (χ3v) is 4.55. The maximum absolute atomic E-state index is 10.8. The monoisotopic (exact) mass is 323 g/mol. The molecule has 0 spiro atoms. The summed E-state index contributed by atoms with van der Waals surface area (Å²) in [7, 11) is 0. The second kappa shape index (κ2) is 5.92. The molecule has 1 unspecified atom stereocenters. The number of hydrogen-bond acceptors (Lipinski definition) is 5. The van der Waals surface area contributed by atoms with Gasteiger partial charge in [-0.05, 0) is 37.1 Å². The maximum Gasteiger partial charge on any atom is 0.269 e. The lowest BCUT2D eigenvalue weighted by molar-refractivity contribution is -0.384. The molecule has 0 radical (unpaired) electrons. The molecular formula is C17H17N5O2. The van der Waals surface area contributed by atoms with Crippen LogP contribution in [0.25, 0.3) is 5.65 Å². The molecule has 0 N–H and O–H groups in total. The first-order valence-corrected chi connectivity index (χ1v) is 8.01. The standard InChI is InChI=1S/C17H17N5O2/c23-22(24)15-8-6-14(7-9-15)20-10-3-4-13(12-20)17-19-18-16-5-1-2-11-21(16)17/h1-2,5-9,11,13H,3-4,10,12H2. The summed E-state index contributed by atoms with van der Waals surface area (Å²) in [5, 5.41) is 19.4. The Labute approximate surface area is 138 Å². The van der Waals surface area contributed by atoms with Crippen LogP contribution in [0.4, 0.5) is 11.4 Å². The molecule has 0 amide bonds. The van der Waals surface area contributed by atoms with E-state index in [1.807, 2.05) is 40.9 Å². The van der Waals surface area contributed by atoms with E-state index in [9.17, 15) is 10.1 Å². The first kappa shape index (κ1) is 14.6. The van der Waals surface area contributed by atoms with Gasteiger partial charge in [0, 0.05) is 43.0 Å². The molecule has 1 aromatic carbocycles. The lowest BCUT2D eigenvalue weighted by atomic mass is 9.96. The number of benzene rings is 1. The summed E-state index contributed by atoms with van der Waals surface area (Å²) in [5.74, 6) is 1.28. The van der Waals surface area contributed by atoms with E-state index in [2.05, 4.69) is 15.1 Å². The number of hydrogen-bond donors (Lipinski definition) is 0. The third kappa shape index (κ3) is 2.58. The van der Waals surface area contributed by atoms with Gasteiger partial charge >= 0.3 is 0 Å². The van der Waals surface area contributed by atoms with Crippen LogP contribution in [0.2, 0.25) is 0 Å². The average molecular weight is 323 g/mol. The lowest BCUT2D eigenvalue weighted by Crippen LogP contribution is -2.35. The highest BCUT2D eigenvalue weighted by molar-refractivity contribution is 5.51. The molecule has 1 aliphatic heterocycles. The summed E-state index contributed by atoms with van der Waals surface area (Å²) in [6.07, 6.45) is 4.12. The van der Waals surface area contributed by atoms with Crippen LogP contribution in [0.15, 0.2) is 48.7 Å². The van der Waals surface area contributed by atoms with Crippen molar-refractivity contribution in [1.82, 2.24) is 14.6 Å². The number of nitrogens with zero attached hydrogens (tertiary/aromatic N) is 5. The summed E-state index contributed by atoms with van der Waals surface area (Å²) < 4.78 is 2.05. The molecular weight excluding hydrogens is 306 g/mol. The van der Waals surface area contributed by atoms with Crippen LogP contribution in [0.5, 0.6) is 0 Å². The van der Waals surface area contributed by atoms with E-state index < -0.39 is 0 Å². The van der Waals surface area contributed by atoms with Crippen LogP contribution in [0.1, 0.15) is 24.6 Å². The van der Waals surface area contributed by atoms with Crippen molar-refractivity contribution in [3.8, 4) is 0 Å². The van der Waals surface area contributed by atoms with Crippen molar-refractivity contribution < 1.29 is 4.92 Å². The Morgan fingerprint density at radius 3 is 2.75 bits per heavy atom. The number of non-ortho nitro benzene ring substituents is 1. The van der Waals surface area contributed by atoms with Crippen LogP contribution in [-0.4, -0.2) is 32.6 Å². The Morgan fingerprint density at radius 1 is 1.12 bits per heavy atom. The van der Waals surface area contributed by atoms with Crippen molar-refractivity contribution in [1.29, 1.82) is 0 Å². The molecule has 7 heteroatoms. The van der Waals surface area contributed by atoms with Crippen LogP contribution in [0, 0.1) is 10.1 Å². The van der Waals surface area contributed by atoms with Crippen molar-refractivity contribution in [3.05, 3.63) is 64.6 Å². The van der Waals surface area contributed by atoms with E-state index in [-0.39, 0.29) is 10.6 Å². The zero-order valence-electron chi connectivity index (χ0n) is 13.1. The van der Waals surface area contributed by atoms with Crippen molar-refractivity contribution >= 4 is 17.0 Å². The van der Waals surface area contributed by atoms with Crippen LogP contribution < -0.4 is 4.90 Å². The van der Waals surface area contributed by atoms with Gasteiger partial charge in [-0.2, -0.15) is 0 Å². The number of nitro groups is 1. The number of rotatable bonds is 3. The number of pyridine rings is 1. The summed E-state index contributed by atoms with van der Waals surface area (Å²) >= 11 is 0. The summed E-state index contributed by atoms with van der Waals surface area (Å²) in [5.41, 5.74) is 2.00. The van der Waals surface area contributed by atoms with E-state index in [1.165, 1.54) is 0 Å². The largest absolute Gasteiger partial charge is 0.371 e. The van der Waals surface area contributed by atoms with Gasteiger partial charge in [0.05, 0.1) is 4.92 Å². The summed E-state index contributed by atoms with van der Waals surface area (Å²) in [4.78, 5) is 12.7. The van der Waals surface area contributed by atoms with Crippen LogP contribution in [0.3, 0.4) is 0 Å². The van der Waals surface area contributed by atoms with Gasteiger partial charge in [0.2, 0.25) is 0 Å². The minimum Gasteiger partial charge on any atom is -0.371 e. The van der Waals surface area contributed by atoms with Gasteiger partial charge in [-0.25, -0.2) is 0 Å². The van der Waals surface area contributed by atoms with Gasteiger partial charge in [-0.3, -0.25) is 14.5 Å². The normalized spacial score (nSPS) is 18.0. The molecule has 24 heavy (non-hydrogen) atoms. The van der Waals surface area contributed by atoms with Crippen molar-refractivity contribution in [3.63, 3.8) is 0 Å². The maximum atomic E-state index is 10.8. The molecule has 0 bridgehead atoms. The molecule has 122 valence electrons. The fourth-order valence-electron chi connectivity index (χ4n) is 3.35. The Hall–Kier alpha value is -2.96. The highest BCUT2D eigenvalue weighted by Crippen LogP contribution is 2.30. The number of aromatic nitrogens is 3. The first-order valence-electron chi connectivity index (χ1n) is 8.01. The third-order valence-electron chi connectivity index (χ3n) is 4.55. The van der Waals surface area contributed by atoms with Gasteiger partial charge < -0.3 is 4.90 Å². The first-order chi connectivity index (χ1) is 11.7. The van der Waals surface area contributed by atoms with Gasteiger partial charge in [-0.15, -0.1) is 10.2 Å². The molecule has 4 rings (SSSR count). The van der Waals surface area contributed by atoms with Gasteiger partial charge in [0.1, 0.15) is 5.82 Å². The molecule has 0 aliphatic carbocycles. The molecule has 1 atom stereocenters. The Morgan fingerprint density at radius 2 is 1.96 bits per heavy atom. The Bertz CT molecular complexity index is 874. The fraction of sp³-hybridized carbons (Fsp3) is 0.294. The second-order valence-electron chi connectivity index (χ2n) is 6.05. The van der Waals surface area contributed by atoms with Crippen LogP contribution >= 0.6 is 0 Å². The smallest absolute Gasteiger partial charge is 0.269 e. The predicted octanol–water partition coefficient (Wildman–Crippen LogP) is 3.02. The Balaban J connectivity index is 1.58. The van der Waals surface area contributed by atoms with Gasteiger partial charge in [0.15, 0.2) is 5.65 Å². The second-order valence-corrected chi connectivity index (χ2v) is 6.05. The van der Waals surface area contributed by atoms with Gasteiger partial charge in [-0.1, -0.05) is 6.07 Å². The highest BCUT2D eigenvalue weighted by Gasteiger charge is 2.25. The van der Waals surface area contributed by atoms with Crippen molar-refractivity contribution in [2.45, 2.75) is 18.8 Å². The Kier molecular flexibility index (Phi) is 3.60. The van der Waals surface area contributed by atoms with Gasteiger partial charge in [0.25, 0.3) is 5.69 Å². The van der Waals surface area contributed by atoms with E-state index >= 15 is 0 Å². The summed E-state index contributed by atoms with van der Waals surface area (Å²) in [6, 6.07) is 12.7. The van der Waals surface area contributed by atoms with E-state index in [0.717, 1.165) is 43.1 Å². The topological polar surface area (TPSA) is 76.6 Å². The van der Waals surface area contributed by atoms with E-state index in [0.29, 0.717) is 5.92 Å². The fourth-order valence-corrected chi connectivity index (χ4v) is 3.35.